The van der Waals surface area contributed by atoms with E-state index in [0.717, 1.165) is 24.5 Å². The summed E-state index contributed by atoms with van der Waals surface area (Å²) in [6.07, 6.45) is 3.08. The van der Waals surface area contributed by atoms with Gasteiger partial charge in [-0.3, -0.25) is 0 Å². The van der Waals surface area contributed by atoms with E-state index in [2.05, 4.69) is 9.97 Å². The molecule has 2 atom stereocenters. The Bertz CT molecular complexity index is 1950. The highest BCUT2D eigenvalue weighted by Crippen LogP contribution is 2.43. The van der Waals surface area contributed by atoms with Crippen molar-refractivity contribution < 1.29 is 37.6 Å². The minimum atomic E-state index is -0.685. The number of phenolic OH excluding ortho intramolecular Hbond substituents is 1. The molecule has 5 aromatic rings. The van der Waals surface area contributed by atoms with Crippen LogP contribution in [0.25, 0.3) is 10.9 Å². The number of aromatic nitrogens is 2. The van der Waals surface area contributed by atoms with E-state index in [4.69, 9.17) is 35.5 Å². The number of hydrogen-bond acceptors (Lipinski definition) is 10. The molecule has 50 heavy (non-hydrogen) atoms. The number of nitrogen functional groups attached to an aromatic ring is 2. The first-order valence-electron chi connectivity index (χ1n) is 16.0. The van der Waals surface area contributed by atoms with E-state index in [1.165, 1.54) is 30.6 Å². The van der Waals surface area contributed by atoms with Gasteiger partial charge in [0.2, 0.25) is 5.88 Å². The zero-order chi connectivity index (χ0) is 35.2. The van der Waals surface area contributed by atoms with Gasteiger partial charge < -0.3 is 40.4 Å². The Kier molecular flexibility index (Phi) is 10.3. The van der Waals surface area contributed by atoms with E-state index in [0.29, 0.717) is 71.2 Å². The Balaban J connectivity index is 0.000000419. The predicted octanol–water partition coefficient (Wildman–Crippen LogP) is 6.94. The number of amides is 1. The molecule has 2 heterocycles. The maximum absolute atomic E-state index is 14.3. The largest absolute Gasteiger partial charge is 0.505 e. The van der Waals surface area contributed by atoms with Gasteiger partial charge in [0.25, 0.3) is 0 Å². The van der Waals surface area contributed by atoms with Crippen molar-refractivity contribution in [3.63, 3.8) is 0 Å². The van der Waals surface area contributed by atoms with E-state index >= 15 is 0 Å². The summed E-state index contributed by atoms with van der Waals surface area (Å²) in [4.78, 5) is 23.0. The summed E-state index contributed by atoms with van der Waals surface area (Å²) in [5.41, 5.74) is 13.0. The minimum absolute atomic E-state index is 0.00768. The lowest BCUT2D eigenvalue weighted by Gasteiger charge is -2.20. The molecular weight excluding hydrogens is 648 g/mol. The van der Waals surface area contributed by atoms with Crippen LogP contribution in [0.3, 0.4) is 0 Å². The number of phenols is 1. The van der Waals surface area contributed by atoms with Crippen molar-refractivity contribution in [1.82, 2.24) is 14.9 Å². The zero-order valence-corrected chi connectivity index (χ0v) is 27.3. The molecule has 2 unspecified atom stereocenters. The molecule has 1 amide bonds. The van der Waals surface area contributed by atoms with E-state index in [1.807, 2.05) is 35.2 Å². The summed E-state index contributed by atoms with van der Waals surface area (Å²) in [7, 11) is 1.56. The molecule has 0 spiro atoms. The number of aromatic hydroxyl groups is 1. The topological polar surface area (TPSA) is 155 Å². The summed E-state index contributed by atoms with van der Waals surface area (Å²) in [6, 6.07) is 21.1. The Morgan fingerprint density at radius 3 is 2.24 bits per heavy atom. The molecule has 11 nitrogen and oxygen atoms in total. The normalized spacial score (nSPS) is 17.8. The number of carbonyl (C=O) groups excluding carboxylic acids is 1. The van der Waals surface area contributed by atoms with Crippen molar-refractivity contribution in [2.45, 2.75) is 19.4 Å². The summed E-state index contributed by atoms with van der Waals surface area (Å²) in [5, 5.41) is 9.17. The molecule has 1 aliphatic heterocycles. The molecule has 7 rings (SSSR count). The molecule has 4 aromatic carbocycles. The first-order chi connectivity index (χ1) is 24.2. The molecule has 13 heteroatoms. The summed E-state index contributed by atoms with van der Waals surface area (Å²) in [6.45, 7) is 2.23. The third kappa shape index (κ3) is 8.05. The van der Waals surface area contributed by atoms with Crippen molar-refractivity contribution in [2.75, 3.05) is 38.3 Å². The maximum Gasteiger partial charge on any atom is 0.410 e. The van der Waals surface area contributed by atoms with Gasteiger partial charge in [0.1, 0.15) is 12.9 Å². The van der Waals surface area contributed by atoms with Gasteiger partial charge in [0.05, 0.1) is 24.6 Å². The number of rotatable bonds is 8. The van der Waals surface area contributed by atoms with Gasteiger partial charge in [0, 0.05) is 42.7 Å². The van der Waals surface area contributed by atoms with Gasteiger partial charge in [-0.05, 0) is 66.5 Å². The Labute approximate surface area is 287 Å². The number of benzene rings is 4. The first-order valence-corrected chi connectivity index (χ1v) is 16.0. The number of ether oxygens (including phenoxy) is 4. The fraction of sp³-hybridized carbons (Fsp3) is 0.270. The van der Waals surface area contributed by atoms with E-state index in [-0.39, 0.29) is 30.1 Å². The highest BCUT2D eigenvalue weighted by Gasteiger charge is 2.43. The van der Waals surface area contributed by atoms with Crippen molar-refractivity contribution in [2.24, 2.45) is 17.8 Å². The molecule has 0 radical (unpaired) electrons. The molecule has 2 aliphatic rings. The third-order valence-corrected chi connectivity index (χ3v) is 8.80. The van der Waals surface area contributed by atoms with E-state index < -0.39 is 11.6 Å². The predicted molar refractivity (Wildman–Crippen MR) is 183 cm³/mol. The second kappa shape index (κ2) is 15.1. The molecule has 1 aliphatic carbocycles. The molecular formula is C37H37F2N5O6. The van der Waals surface area contributed by atoms with E-state index in [9.17, 15) is 13.6 Å². The fourth-order valence-corrected chi connectivity index (χ4v) is 6.35. The van der Waals surface area contributed by atoms with Gasteiger partial charge in [-0.2, -0.15) is 0 Å². The number of methoxy groups -OCH3 is 1. The van der Waals surface area contributed by atoms with Crippen molar-refractivity contribution >= 4 is 28.4 Å². The zero-order valence-electron chi connectivity index (χ0n) is 27.3. The number of likely N-dealkylation sites (tertiary alicyclic amines) is 1. The highest BCUT2D eigenvalue weighted by atomic mass is 19.1. The molecule has 2 fully saturated rings. The second-order valence-electron chi connectivity index (χ2n) is 12.3. The lowest BCUT2D eigenvalue weighted by Crippen LogP contribution is -2.30. The van der Waals surface area contributed by atoms with Crippen LogP contribution in [-0.4, -0.2) is 52.9 Å². The van der Waals surface area contributed by atoms with Crippen LogP contribution in [0.5, 0.6) is 28.9 Å². The van der Waals surface area contributed by atoms with Crippen molar-refractivity contribution in [1.29, 1.82) is 0 Å². The van der Waals surface area contributed by atoms with Crippen LogP contribution in [0.2, 0.25) is 0 Å². The van der Waals surface area contributed by atoms with Gasteiger partial charge >= 0.3 is 6.09 Å². The summed E-state index contributed by atoms with van der Waals surface area (Å²) in [5.74, 6) is 0.862. The van der Waals surface area contributed by atoms with Gasteiger partial charge in [0.15, 0.2) is 34.6 Å². The monoisotopic (exact) mass is 685 g/mol. The molecule has 1 saturated carbocycles. The number of anilines is 2. The quantitative estimate of drug-likeness (QED) is 0.116. The number of nitrogens with zero attached hydrogens (tertiary/aromatic N) is 3. The van der Waals surface area contributed by atoms with Crippen LogP contribution in [0.15, 0.2) is 85.2 Å². The van der Waals surface area contributed by atoms with Crippen LogP contribution in [0, 0.1) is 29.4 Å². The smallest absolute Gasteiger partial charge is 0.410 e. The number of nitrogens with two attached hydrogens (primary N) is 2. The standard InChI is InChI=1S/C31H31FN4O5.C6H6FNO/c1-38-28-12-24-26(34-18-35-30(24)41-27-8-7-23(33)11-25(27)32)13-29(28)39-17-20-9-21-14-36(15-22(21)10-20)31(37)40-16-19-5-3-2-4-6-19;7-5-3-4(8)1-2-6(5)9/h2-8,11-13,18,20-22H,9-10,14-17,33H2,1H3;1-3,9H,8H2. The fourth-order valence-electron chi connectivity index (χ4n) is 6.35. The Morgan fingerprint density at radius 2 is 1.58 bits per heavy atom. The molecule has 5 N–H and O–H groups in total. The average Bonchev–Trinajstić information content (AvgIpc) is 3.69. The van der Waals surface area contributed by atoms with Crippen molar-refractivity contribution in [3.8, 4) is 28.9 Å². The molecule has 1 aromatic heterocycles. The van der Waals surface area contributed by atoms with Gasteiger partial charge in [-0.25, -0.2) is 23.5 Å². The van der Waals surface area contributed by atoms with Crippen LogP contribution in [0.4, 0.5) is 25.0 Å². The Hall–Kier alpha value is -5.85. The number of halogens is 2. The third-order valence-electron chi connectivity index (χ3n) is 8.80. The van der Waals surface area contributed by atoms with Crippen LogP contribution >= 0.6 is 0 Å². The highest BCUT2D eigenvalue weighted by molar-refractivity contribution is 5.87. The lowest BCUT2D eigenvalue weighted by atomic mass is 10.0. The Morgan fingerprint density at radius 1 is 0.880 bits per heavy atom. The second-order valence-corrected chi connectivity index (χ2v) is 12.3. The maximum atomic E-state index is 14.3. The molecule has 1 saturated heterocycles. The number of carbonyl (C=O) groups is 1. The van der Waals surface area contributed by atoms with Crippen LogP contribution in [-0.2, 0) is 11.3 Å². The number of hydrogen-bond donors (Lipinski definition) is 3. The average molecular weight is 686 g/mol. The minimum Gasteiger partial charge on any atom is -0.505 e. The summed E-state index contributed by atoms with van der Waals surface area (Å²) < 4.78 is 49.7. The molecule has 0 bridgehead atoms. The number of fused-ring (bicyclic) bond motifs is 2. The van der Waals surface area contributed by atoms with E-state index in [1.54, 1.807) is 25.3 Å². The first kappa shape index (κ1) is 34.0. The van der Waals surface area contributed by atoms with Gasteiger partial charge in [-0.15, -0.1) is 0 Å². The lowest BCUT2D eigenvalue weighted by molar-refractivity contribution is 0.100. The van der Waals surface area contributed by atoms with Crippen LogP contribution < -0.4 is 25.7 Å². The SMILES string of the molecule is COc1cc2c(Oc3ccc(N)cc3F)ncnc2cc1OCC1CC2CN(C(=O)OCc3ccccc3)CC2C1.Nc1ccc(O)c(F)c1. The summed E-state index contributed by atoms with van der Waals surface area (Å²) >= 11 is 0. The van der Waals surface area contributed by atoms with Crippen LogP contribution in [0.1, 0.15) is 18.4 Å². The van der Waals surface area contributed by atoms with Gasteiger partial charge in [-0.1, -0.05) is 30.3 Å². The molecule has 260 valence electrons. The van der Waals surface area contributed by atoms with Crippen molar-refractivity contribution in [3.05, 3.63) is 102 Å².